The molecule has 2 heterocycles. The molecule has 1 aliphatic rings. The number of pyridine rings is 1. The molecule has 0 amide bonds. The summed E-state index contributed by atoms with van der Waals surface area (Å²) in [4.78, 5) is 6.82. The minimum Gasteiger partial charge on any atom is -0.356 e. The molecule has 13 heavy (non-hydrogen) atoms. The minimum atomic E-state index is 1.16. The van der Waals surface area contributed by atoms with Crippen molar-refractivity contribution in [2.45, 2.75) is 26.2 Å². The minimum absolute atomic E-state index is 1.16. The lowest BCUT2D eigenvalue weighted by atomic mass is 10.2. The molecule has 0 spiro atoms. The zero-order valence-electron chi connectivity index (χ0n) is 8.16. The Morgan fingerprint density at radius 1 is 1.54 bits per heavy atom. The highest BCUT2D eigenvalue weighted by Gasteiger charge is 2.18. The summed E-state index contributed by atoms with van der Waals surface area (Å²) in [6.07, 6.45) is 5.60. The molecule has 70 valence electrons. The Morgan fingerprint density at radius 2 is 2.46 bits per heavy atom. The number of hydrogen-bond donors (Lipinski definition) is 0. The van der Waals surface area contributed by atoms with E-state index in [-0.39, 0.29) is 0 Å². The molecule has 0 fully saturated rings. The molecule has 0 unspecified atom stereocenters. The third kappa shape index (κ3) is 1.67. The van der Waals surface area contributed by atoms with Gasteiger partial charge in [-0.3, -0.25) is 0 Å². The second-order valence-electron chi connectivity index (χ2n) is 3.58. The maximum absolute atomic E-state index is 4.42. The maximum atomic E-state index is 4.42. The first-order valence-electron chi connectivity index (χ1n) is 5.10. The van der Waals surface area contributed by atoms with Gasteiger partial charge < -0.3 is 4.90 Å². The molecule has 1 aromatic rings. The molecule has 2 rings (SSSR count). The molecule has 0 atom stereocenters. The average Bonchev–Trinajstić information content (AvgIpc) is 2.58. The number of nitrogens with zero attached hydrogens (tertiary/aromatic N) is 2. The van der Waals surface area contributed by atoms with E-state index in [2.05, 4.69) is 22.9 Å². The van der Waals surface area contributed by atoms with E-state index in [1.54, 1.807) is 0 Å². The molecule has 0 saturated heterocycles. The van der Waals surface area contributed by atoms with E-state index in [0.29, 0.717) is 0 Å². The smallest absolute Gasteiger partial charge is 0.131 e. The average molecular weight is 176 g/mol. The quantitative estimate of drug-likeness (QED) is 0.702. The van der Waals surface area contributed by atoms with Crippen LogP contribution in [0.25, 0.3) is 0 Å². The fourth-order valence-electron chi connectivity index (χ4n) is 1.84. The van der Waals surface area contributed by atoms with E-state index in [0.717, 1.165) is 6.54 Å². The summed E-state index contributed by atoms with van der Waals surface area (Å²) in [5, 5.41) is 0. The third-order valence-electron chi connectivity index (χ3n) is 2.60. The van der Waals surface area contributed by atoms with Crippen LogP contribution in [0.5, 0.6) is 0 Å². The van der Waals surface area contributed by atoms with E-state index >= 15 is 0 Å². The molecule has 1 aromatic heterocycles. The highest BCUT2D eigenvalue weighted by atomic mass is 15.2. The van der Waals surface area contributed by atoms with Gasteiger partial charge in [0, 0.05) is 19.3 Å². The molecule has 0 aliphatic carbocycles. The monoisotopic (exact) mass is 176 g/mol. The lowest BCUT2D eigenvalue weighted by Gasteiger charge is -2.17. The second kappa shape index (κ2) is 3.77. The molecular weight excluding hydrogens is 160 g/mol. The van der Waals surface area contributed by atoms with Crippen LogP contribution in [0, 0.1) is 0 Å². The Kier molecular flexibility index (Phi) is 2.48. The Bertz CT molecular complexity index is 283. The summed E-state index contributed by atoms with van der Waals surface area (Å²) >= 11 is 0. The first-order chi connectivity index (χ1) is 6.42. The predicted octanol–water partition coefficient (Wildman–Crippen LogP) is 2.24. The fourth-order valence-corrected chi connectivity index (χ4v) is 1.84. The van der Waals surface area contributed by atoms with Crippen molar-refractivity contribution >= 4 is 5.82 Å². The van der Waals surface area contributed by atoms with Crippen molar-refractivity contribution in [1.29, 1.82) is 0 Å². The topological polar surface area (TPSA) is 16.1 Å². The van der Waals surface area contributed by atoms with Crippen LogP contribution < -0.4 is 4.90 Å². The molecular formula is C11H16N2. The summed E-state index contributed by atoms with van der Waals surface area (Å²) in [6, 6.07) is 4.22. The van der Waals surface area contributed by atoms with E-state index in [4.69, 9.17) is 0 Å². The van der Waals surface area contributed by atoms with Crippen LogP contribution >= 0.6 is 0 Å². The van der Waals surface area contributed by atoms with Crippen LogP contribution in [0.4, 0.5) is 5.82 Å². The fraction of sp³-hybridized carbons (Fsp3) is 0.545. The highest BCUT2D eigenvalue weighted by molar-refractivity contribution is 5.51. The number of unbranched alkanes of at least 4 members (excludes halogenated alkanes) is 1. The van der Waals surface area contributed by atoms with Gasteiger partial charge >= 0.3 is 0 Å². The molecule has 0 N–H and O–H groups in total. The van der Waals surface area contributed by atoms with Crippen molar-refractivity contribution in [2.24, 2.45) is 0 Å². The normalized spacial score (nSPS) is 14.7. The van der Waals surface area contributed by atoms with Crippen molar-refractivity contribution in [3.8, 4) is 0 Å². The standard InChI is InChI=1S/C11H16N2/c1-2-3-8-13-9-6-10-5-4-7-12-11(10)13/h4-5,7H,2-3,6,8-9H2,1H3. The number of rotatable bonds is 3. The van der Waals surface area contributed by atoms with Gasteiger partial charge in [-0.25, -0.2) is 4.98 Å². The summed E-state index contributed by atoms with van der Waals surface area (Å²) in [5.74, 6) is 1.22. The zero-order valence-corrected chi connectivity index (χ0v) is 8.16. The second-order valence-corrected chi connectivity index (χ2v) is 3.58. The molecule has 2 nitrogen and oxygen atoms in total. The van der Waals surface area contributed by atoms with Gasteiger partial charge in [0.1, 0.15) is 5.82 Å². The van der Waals surface area contributed by atoms with E-state index < -0.39 is 0 Å². The molecule has 2 heteroatoms. The van der Waals surface area contributed by atoms with Crippen molar-refractivity contribution in [3.05, 3.63) is 23.9 Å². The number of aromatic nitrogens is 1. The van der Waals surface area contributed by atoms with Crippen LogP contribution in [-0.4, -0.2) is 18.1 Å². The van der Waals surface area contributed by atoms with E-state index in [1.165, 1.54) is 37.2 Å². The number of hydrogen-bond acceptors (Lipinski definition) is 2. The summed E-state index contributed by atoms with van der Waals surface area (Å²) in [5.41, 5.74) is 1.42. The van der Waals surface area contributed by atoms with Crippen LogP contribution in [0.15, 0.2) is 18.3 Å². The first-order valence-corrected chi connectivity index (χ1v) is 5.10. The van der Waals surface area contributed by atoms with E-state index in [9.17, 15) is 0 Å². The molecule has 0 saturated carbocycles. The molecule has 0 radical (unpaired) electrons. The summed E-state index contributed by atoms with van der Waals surface area (Å²) in [7, 11) is 0. The van der Waals surface area contributed by atoms with Crippen LogP contribution in [0.2, 0.25) is 0 Å². The van der Waals surface area contributed by atoms with Gasteiger partial charge in [-0.1, -0.05) is 19.4 Å². The Balaban J connectivity index is 2.09. The summed E-state index contributed by atoms with van der Waals surface area (Å²) < 4.78 is 0. The third-order valence-corrected chi connectivity index (χ3v) is 2.60. The van der Waals surface area contributed by atoms with Crippen LogP contribution in [0.1, 0.15) is 25.3 Å². The Hall–Kier alpha value is -1.05. The lowest BCUT2D eigenvalue weighted by molar-refractivity contribution is 0.731. The van der Waals surface area contributed by atoms with Gasteiger partial charge in [0.05, 0.1) is 0 Å². The van der Waals surface area contributed by atoms with Gasteiger partial charge in [-0.05, 0) is 24.5 Å². The van der Waals surface area contributed by atoms with Crippen molar-refractivity contribution in [1.82, 2.24) is 4.98 Å². The maximum Gasteiger partial charge on any atom is 0.131 e. The van der Waals surface area contributed by atoms with Gasteiger partial charge in [0.2, 0.25) is 0 Å². The SMILES string of the molecule is CCCCN1CCc2cccnc21. The van der Waals surface area contributed by atoms with Crippen molar-refractivity contribution < 1.29 is 0 Å². The van der Waals surface area contributed by atoms with Crippen molar-refractivity contribution in [2.75, 3.05) is 18.0 Å². The predicted molar refractivity (Wildman–Crippen MR) is 55.1 cm³/mol. The Morgan fingerprint density at radius 3 is 3.31 bits per heavy atom. The Labute approximate surface area is 79.6 Å². The van der Waals surface area contributed by atoms with Gasteiger partial charge in [0.25, 0.3) is 0 Å². The van der Waals surface area contributed by atoms with Gasteiger partial charge in [0.15, 0.2) is 0 Å². The van der Waals surface area contributed by atoms with Crippen molar-refractivity contribution in [3.63, 3.8) is 0 Å². The largest absolute Gasteiger partial charge is 0.356 e. The highest BCUT2D eigenvalue weighted by Crippen LogP contribution is 2.24. The first kappa shape index (κ1) is 8.54. The molecule has 1 aliphatic heterocycles. The van der Waals surface area contributed by atoms with Gasteiger partial charge in [-0.2, -0.15) is 0 Å². The zero-order chi connectivity index (χ0) is 9.10. The summed E-state index contributed by atoms with van der Waals surface area (Å²) in [6.45, 7) is 4.56. The number of anilines is 1. The lowest BCUT2D eigenvalue weighted by Crippen LogP contribution is -2.22. The molecule has 0 bridgehead atoms. The van der Waals surface area contributed by atoms with E-state index in [1.807, 2.05) is 12.3 Å². The van der Waals surface area contributed by atoms with Crippen LogP contribution in [0.3, 0.4) is 0 Å². The molecule has 0 aromatic carbocycles. The number of fused-ring (bicyclic) bond motifs is 1. The van der Waals surface area contributed by atoms with Crippen LogP contribution in [-0.2, 0) is 6.42 Å². The van der Waals surface area contributed by atoms with Gasteiger partial charge in [-0.15, -0.1) is 0 Å².